The molecular weight excluding hydrogens is 320 g/mol. The third-order valence-electron chi connectivity index (χ3n) is 3.97. The Labute approximate surface area is 147 Å². The number of urea groups is 1. The van der Waals surface area contributed by atoms with Crippen molar-refractivity contribution in [1.82, 2.24) is 25.5 Å². The van der Waals surface area contributed by atoms with Crippen molar-refractivity contribution in [2.24, 2.45) is 5.92 Å². The van der Waals surface area contributed by atoms with E-state index in [0.29, 0.717) is 18.0 Å². The van der Waals surface area contributed by atoms with Gasteiger partial charge in [-0.2, -0.15) is 0 Å². The molecule has 2 rings (SSSR count). The van der Waals surface area contributed by atoms with Gasteiger partial charge in [-0.1, -0.05) is 19.9 Å². The summed E-state index contributed by atoms with van der Waals surface area (Å²) >= 11 is 0. The monoisotopic (exact) mass is 346 g/mol. The highest BCUT2D eigenvalue weighted by atomic mass is 16.3. The lowest BCUT2D eigenvalue weighted by Crippen LogP contribution is -2.42. The molecule has 3 N–H and O–H groups in total. The molecule has 0 aliphatic heterocycles. The number of rotatable bonds is 7. The number of aliphatic hydroxyl groups is 1. The number of carbonyl (C=O) groups excluding carboxylic acids is 1. The third-order valence-corrected chi connectivity index (χ3v) is 3.97. The molecule has 0 fully saturated rings. The van der Waals surface area contributed by atoms with Crippen LogP contribution in [0, 0.1) is 12.8 Å². The summed E-state index contributed by atoms with van der Waals surface area (Å²) in [7, 11) is 0. The molecule has 0 spiro atoms. The second-order valence-electron chi connectivity index (χ2n) is 6.99. The van der Waals surface area contributed by atoms with E-state index in [0.717, 1.165) is 17.7 Å². The van der Waals surface area contributed by atoms with E-state index >= 15 is 0 Å². The van der Waals surface area contributed by atoms with E-state index in [-0.39, 0.29) is 12.6 Å². The normalized spacial score (nSPS) is 13.5. The largest absolute Gasteiger partial charge is 0.388 e. The van der Waals surface area contributed by atoms with Crippen LogP contribution in [0.3, 0.4) is 0 Å². The molecule has 1 aromatic heterocycles. The van der Waals surface area contributed by atoms with Crippen molar-refractivity contribution in [3.8, 4) is 5.69 Å². The number of hydrogen-bond donors (Lipinski definition) is 3. The fraction of sp³-hybridized carbons (Fsp3) is 0.529. The van der Waals surface area contributed by atoms with E-state index < -0.39 is 5.60 Å². The molecule has 0 radical (unpaired) electrons. The van der Waals surface area contributed by atoms with Gasteiger partial charge in [0, 0.05) is 12.2 Å². The molecule has 8 nitrogen and oxygen atoms in total. The quantitative estimate of drug-likeness (QED) is 0.713. The van der Waals surface area contributed by atoms with Crippen LogP contribution in [0.2, 0.25) is 0 Å². The van der Waals surface area contributed by atoms with Crippen molar-refractivity contribution in [2.45, 2.75) is 46.1 Å². The Balaban J connectivity index is 1.95. The molecule has 2 amide bonds. The summed E-state index contributed by atoms with van der Waals surface area (Å²) in [5.41, 5.74) is 1.39. The molecular formula is C17H26N6O2. The van der Waals surface area contributed by atoms with Gasteiger partial charge in [0.2, 0.25) is 0 Å². The van der Waals surface area contributed by atoms with Crippen LogP contribution in [0.1, 0.15) is 39.2 Å². The molecule has 0 aliphatic rings. The number of aromatic nitrogens is 4. The Morgan fingerprint density at radius 1 is 1.40 bits per heavy atom. The summed E-state index contributed by atoms with van der Waals surface area (Å²) in [6, 6.07) is 5.18. The van der Waals surface area contributed by atoms with Crippen LogP contribution in [0.25, 0.3) is 5.69 Å². The average molecular weight is 346 g/mol. The van der Waals surface area contributed by atoms with Crippen LogP contribution >= 0.6 is 0 Å². The first-order chi connectivity index (χ1) is 11.8. The van der Waals surface area contributed by atoms with E-state index in [1.165, 1.54) is 11.0 Å². The fourth-order valence-electron chi connectivity index (χ4n) is 2.29. The fourth-order valence-corrected chi connectivity index (χ4v) is 2.29. The van der Waals surface area contributed by atoms with Crippen LogP contribution < -0.4 is 10.6 Å². The van der Waals surface area contributed by atoms with Crippen molar-refractivity contribution < 1.29 is 9.90 Å². The smallest absolute Gasteiger partial charge is 0.319 e. The van der Waals surface area contributed by atoms with Gasteiger partial charge >= 0.3 is 6.03 Å². The van der Waals surface area contributed by atoms with Gasteiger partial charge in [0.25, 0.3) is 0 Å². The van der Waals surface area contributed by atoms with Gasteiger partial charge in [-0.3, -0.25) is 0 Å². The van der Waals surface area contributed by atoms with Crippen LogP contribution in [0.5, 0.6) is 0 Å². The zero-order valence-electron chi connectivity index (χ0n) is 15.2. The zero-order chi connectivity index (χ0) is 18.4. The zero-order valence-corrected chi connectivity index (χ0v) is 15.2. The maximum Gasteiger partial charge on any atom is 0.319 e. The van der Waals surface area contributed by atoms with Gasteiger partial charge in [0.15, 0.2) is 0 Å². The Bertz CT molecular complexity index is 697. The number of anilines is 1. The molecule has 0 unspecified atom stereocenters. The van der Waals surface area contributed by atoms with E-state index in [1.54, 1.807) is 13.0 Å². The summed E-state index contributed by atoms with van der Waals surface area (Å²) in [4.78, 5) is 12.2. The highest BCUT2D eigenvalue weighted by Crippen LogP contribution is 2.19. The Hall–Kier alpha value is -2.48. The molecule has 25 heavy (non-hydrogen) atoms. The Kier molecular flexibility index (Phi) is 6.08. The molecule has 1 heterocycles. The van der Waals surface area contributed by atoms with Crippen LogP contribution in [-0.4, -0.2) is 43.5 Å². The second-order valence-corrected chi connectivity index (χ2v) is 6.99. The van der Waals surface area contributed by atoms with Gasteiger partial charge in [-0.25, -0.2) is 9.48 Å². The minimum absolute atomic E-state index is 0.192. The first kappa shape index (κ1) is 18.9. The highest BCUT2D eigenvalue weighted by Gasteiger charge is 2.21. The maximum absolute atomic E-state index is 12.2. The van der Waals surface area contributed by atoms with Crippen molar-refractivity contribution in [1.29, 1.82) is 0 Å². The van der Waals surface area contributed by atoms with Crippen molar-refractivity contribution in [2.75, 3.05) is 11.9 Å². The van der Waals surface area contributed by atoms with E-state index in [4.69, 9.17) is 0 Å². The minimum Gasteiger partial charge on any atom is -0.388 e. The van der Waals surface area contributed by atoms with Crippen molar-refractivity contribution in [3.05, 3.63) is 30.1 Å². The lowest BCUT2D eigenvalue weighted by atomic mass is 9.95. The number of aryl methyl sites for hydroxylation is 1. The van der Waals surface area contributed by atoms with Crippen molar-refractivity contribution >= 4 is 11.7 Å². The first-order valence-corrected chi connectivity index (χ1v) is 8.38. The standard InChI is InChI=1S/C17H26N6O2/c1-12(2)7-8-17(4,25)10-18-16(24)20-15-9-14(6-5-13(15)3)23-11-19-21-22-23/h5-6,9,11-12,25H,7-8,10H2,1-4H3,(H2,18,20,24)/t17-/m1/s1. The summed E-state index contributed by atoms with van der Waals surface area (Å²) in [6.07, 6.45) is 3.03. The number of nitrogens with zero attached hydrogens (tertiary/aromatic N) is 4. The van der Waals surface area contributed by atoms with Crippen LogP contribution in [-0.2, 0) is 0 Å². The molecule has 0 saturated heterocycles. The second kappa shape index (κ2) is 8.06. The molecule has 136 valence electrons. The van der Waals surface area contributed by atoms with Gasteiger partial charge in [-0.15, -0.1) is 5.10 Å². The molecule has 1 atom stereocenters. The van der Waals surface area contributed by atoms with Gasteiger partial charge in [0.1, 0.15) is 6.33 Å². The van der Waals surface area contributed by atoms with Crippen LogP contribution in [0.4, 0.5) is 10.5 Å². The molecule has 1 aromatic carbocycles. The summed E-state index contributed by atoms with van der Waals surface area (Å²) < 4.78 is 1.51. The molecule has 0 aliphatic carbocycles. The van der Waals surface area contributed by atoms with Crippen molar-refractivity contribution in [3.63, 3.8) is 0 Å². The third kappa shape index (κ3) is 5.82. The Morgan fingerprint density at radius 2 is 2.16 bits per heavy atom. The first-order valence-electron chi connectivity index (χ1n) is 8.38. The summed E-state index contributed by atoms with van der Waals surface area (Å²) in [5, 5.41) is 26.9. The maximum atomic E-state index is 12.2. The molecule has 0 bridgehead atoms. The van der Waals surface area contributed by atoms with E-state index in [1.807, 2.05) is 19.1 Å². The minimum atomic E-state index is -0.926. The number of nitrogens with one attached hydrogen (secondary N) is 2. The van der Waals surface area contributed by atoms with Gasteiger partial charge in [-0.05, 0) is 60.7 Å². The topological polar surface area (TPSA) is 105 Å². The lowest BCUT2D eigenvalue weighted by molar-refractivity contribution is 0.0481. The highest BCUT2D eigenvalue weighted by molar-refractivity contribution is 5.90. The predicted octanol–water partition coefficient (Wildman–Crippen LogP) is 2.28. The molecule has 2 aromatic rings. The SMILES string of the molecule is Cc1ccc(-n2cnnn2)cc1NC(=O)NC[C@](C)(O)CCC(C)C. The van der Waals surface area contributed by atoms with Crippen LogP contribution in [0.15, 0.2) is 24.5 Å². The molecule has 8 heteroatoms. The van der Waals surface area contributed by atoms with E-state index in [9.17, 15) is 9.90 Å². The molecule has 0 saturated carbocycles. The summed E-state index contributed by atoms with van der Waals surface area (Å²) in [5.74, 6) is 0.511. The van der Waals surface area contributed by atoms with Gasteiger partial charge in [0.05, 0.1) is 11.3 Å². The average Bonchev–Trinajstić information content (AvgIpc) is 3.08. The Morgan fingerprint density at radius 3 is 2.80 bits per heavy atom. The number of carbonyl (C=O) groups is 1. The number of amides is 2. The lowest BCUT2D eigenvalue weighted by Gasteiger charge is -2.24. The summed E-state index contributed by atoms with van der Waals surface area (Å²) in [6.45, 7) is 8.04. The number of hydrogen-bond acceptors (Lipinski definition) is 5. The predicted molar refractivity (Wildman–Crippen MR) is 95.6 cm³/mol. The number of benzene rings is 1. The van der Waals surface area contributed by atoms with Gasteiger partial charge < -0.3 is 15.7 Å². The van der Waals surface area contributed by atoms with E-state index in [2.05, 4.69) is 40.0 Å². The number of tetrazole rings is 1.